The van der Waals surface area contributed by atoms with Gasteiger partial charge in [-0.1, -0.05) is 24.3 Å². The second-order valence-electron chi connectivity index (χ2n) is 6.62. The van der Waals surface area contributed by atoms with Crippen LogP contribution in [0, 0.1) is 0 Å². The molecule has 1 N–H and O–H groups in total. The maximum Gasteiger partial charge on any atom is 0.253 e. The van der Waals surface area contributed by atoms with Crippen LogP contribution in [0.4, 0.5) is 0 Å². The van der Waals surface area contributed by atoms with Crippen molar-refractivity contribution in [1.29, 1.82) is 0 Å². The number of fused-ring (bicyclic) bond motifs is 1. The monoisotopic (exact) mass is 335 g/mol. The highest BCUT2D eigenvalue weighted by atomic mass is 16.1. The molecular weight excluding hydrogens is 314 g/mol. The van der Waals surface area contributed by atoms with Crippen molar-refractivity contribution in [3.05, 3.63) is 65.6 Å². The van der Waals surface area contributed by atoms with E-state index in [-0.39, 0.29) is 5.91 Å². The number of hydrogen-bond donors (Lipinski definition) is 1. The first-order chi connectivity index (χ1) is 12.2. The lowest BCUT2D eigenvalue weighted by Gasteiger charge is -2.38. The molecule has 1 fully saturated rings. The molecule has 0 spiro atoms. The number of rotatable bonds is 5. The van der Waals surface area contributed by atoms with Crippen LogP contribution in [-0.2, 0) is 13.1 Å². The highest BCUT2D eigenvalue weighted by molar-refractivity contribution is 5.94. The number of nitrogens with zero attached hydrogens (tertiary/aromatic N) is 4. The van der Waals surface area contributed by atoms with Crippen LogP contribution < -0.4 is 5.32 Å². The van der Waals surface area contributed by atoms with Gasteiger partial charge < -0.3 is 5.32 Å². The SMILES string of the molecule is CC1CCN1Cc1ccc(CNC(=O)c2ccc3nncn3c2)cc1. The number of carbonyl (C=O) groups excluding carboxylic acids is 1. The molecule has 0 radical (unpaired) electrons. The second kappa shape index (κ2) is 6.64. The van der Waals surface area contributed by atoms with Gasteiger partial charge in [-0.25, -0.2) is 0 Å². The van der Waals surface area contributed by atoms with Gasteiger partial charge in [-0.15, -0.1) is 10.2 Å². The molecule has 2 aromatic heterocycles. The lowest BCUT2D eigenvalue weighted by molar-refractivity contribution is 0.0949. The highest BCUT2D eigenvalue weighted by Gasteiger charge is 2.22. The molecule has 6 heteroatoms. The van der Waals surface area contributed by atoms with Crippen molar-refractivity contribution >= 4 is 11.6 Å². The fourth-order valence-electron chi connectivity index (χ4n) is 3.05. The molecule has 3 aromatic rings. The van der Waals surface area contributed by atoms with E-state index in [0.29, 0.717) is 18.2 Å². The van der Waals surface area contributed by atoms with E-state index in [0.717, 1.165) is 17.8 Å². The molecule has 6 nitrogen and oxygen atoms in total. The standard InChI is InChI=1S/C19H21N5O/c1-14-8-9-23(14)11-16-4-2-15(3-5-16)10-20-19(25)17-6-7-18-22-21-13-24(18)12-17/h2-7,12-14H,8-11H2,1H3,(H,20,25). The van der Waals surface area contributed by atoms with E-state index in [1.54, 1.807) is 29.1 Å². The van der Waals surface area contributed by atoms with E-state index in [1.807, 2.05) is 0 Å². The first-order valence-corrected chi connectivity index (χ1v) is 8.58. The van der Waals surface area contributed by atoms with E-state index in [2.05, 4.69) is 51.6 Å². The number of pyridine rings is 1. The first kappa shape index (κ1) is 15.8. The molecule has 3 heterocycles. The third-order valence-electron chi connectivity index (χ3n) is 4.87. The van der Waals surface area contributed by atoms with Crippen LogP contribution in [-0.4, -0.2) is 38.0 Å². The summed E-state index contributed by atoms with van der Waals surface area (Å²) in [6.07, 6.45) is 4.62. The van der Waals surface area contributed by atoms with Crippen molar-refractivity contribution in [3.8, 4) is 0 Å². The van der Waals surface area contributed by atoms with Gasteiger partial charge in [0, 0.05) is 31.9 Å². The van der Waals surface area contributed by atoms with Crippen LogP contribution >= 0.6 is 0 Å². The van der Waals surface area contributed by atoms with Gasteiger partial charge in [0.15, 0.2) is 5.65 Å². The molecule has 0 bridgehead atoms. The van der Waals surface area contributed by atoms with Gasteiger partial charge in [0.05, 0.1) is 5.56 Å². The molecule has 1 saturated heterocycles. The van der Waals surface area contributed by atoms with E-state index < -0.39 is 0 Å². The zero-order valence-corrected chi connectivity index (χ0v) is 14.2. The molecule has 1 aliphatic rings. The molecule has 1 amide bonds. The maximum atomic E-state index is 12.3. The average Bonchev–Trinajstić information content (AvgIpc) is 3.11. The smallest absolute Gasteiger partial charge is 0.253 e. The topological polar surface area (TPSA) is 62.5 Å². The minimum Gasteiger partial charge on any atom is -0.348 e. The second-order valence-corrected chi connectivity index (χ2v) is 6.62. The third-order valence-corrected chi connectivity index (χ3v) is 4.87. The van der Waals surface area contributed by atoms with Crippen molar-refractivity contribution in [2.75, 3.05) is 6.54 Å². The molecule has 0 saturated carbocycles. The first-order valence-electron chi connectivity index (χ1n) is 8.58. The number of aromatic nitrogens is 3. The van der Waals surface area contributed by atoms with E-state index >= 15 is 0 Å². The number of carbonyl (C=O) groups is 1. The van der Waals surface area contributed by atoms with Crippen molar-refractivity contribution in [2.24, 2.45) is 0 Å². The number of nitrogens with one attached hydrogen (secondary N) is 1. The summed E-state index contributed by atoms with van der Waals surface area (Å²) in [6.45, 7) is 4.98. The molecule has 1 atom stereocenters. The van der Waals surface area contributed by atoms with E-state index in [4.69, 9.17) is 0 Å². The van der Waals surface area contributed by atoms with Gasteiger partial charge in [0.1, 0.15) is 6.33 Å². The van der Waals surface area contributed by atoms with Gasteiger partial charge in [-0.05, 0) is 36.6 Å². The van der Waals surface area contributed by atoms with E-state index in [1.165, 1.54) is 18.5 Å². The molecule has 25 heavy (non-hydrogen) atoms. The Balaban J connectivity index is 1.34. The number of amides is 1. The van der Waals surface area contributed by atoms with Gasteiger partial charge in [0.25, 0.3) is 5.91 Å². The van der Waals surface area contributed by atoms with Gasteiger partial charge in [-0.2, -0.15) is 0 Å². The molecule has 1 aliphatic heterocycles. The minimum absolute atomic E-state index is 0.103. The molecule has 128 valence electrons. The van der Waals surface area contributed by atoms with Crippen LogP contribution in [0.25, 0.3) is 5.65 Å². The molecule has 4 rings (SSSR count). The van der Waals surface area contributed by atoms with Crippen molar-refractivity contribution in [1.82, 2.24) is 24.8 Å². The Kier molecular flexibility index (Phi) is 4.19. The summed E-state index contributed by atoms with van der Waals surface area (Å²) in [4.78, 5) is 14.8. The van der Waals surface area contributed by atoms with Crippen molar-refractivity contribution < 1.29 is 4.79 Å². The minimum atomic E-state index is -0.103. The lowest BCUT2D eigenvalue weighted by atomic mass is 10.0. The van der Waals surface area contributed by atoms with Crippen LogP contribution in [0.1, 0.15) is 34.8 Å². The average molecular weight is 335 g/mol. The molecular formula is C19H21N5O. The summed E-state index contributed by atoms with van der Waals surface area (Å²) < 4.78 is 1.74. The molecule has 0 aliphatic carbocycles. The molecule has 1 aromatic carbocycles. The Hall–Kier alpha value is -2.73. The van der Waals surface area contributed by atoms with E-state index in [9.17, 15) is 4.79 Å². The lowest BCUT2D eigenvalue weighted by Crippen LogP contribution is -2.44. The largest absolute Gasteiger partial charge is 0.348 e. The maximum absolute atomic E-state index is 12.3. The number of benzene rings is 1. The summed E-state index contributed by atoms with van der Waals surface area (Å²) in [5, 5.41) is 10.7. The zero-order valence-electron chi connectivity index (χ0n) is 14.2. The Bertz CT molecular complexity index is 886. The predicted octanol–water partition coefficient (Wildman–Crippen LogP) is 2.25. The Labute approximate surface area is 146 Å². The third kappa shape index (κ3) is 3.39. The van der Waals surface area contributed by atoms with Gasteiger partial charge in [-0.3, -0.25) is 14.1 Å². The van der Waals surface area contributed by atoms with Crippen molar-refractivity contribution in [2.45, 2.75) is 32.5 Å². The summed E-state index contributed by atoms with van der Waals surface area (Å²) in [5.41, 5.74) is 3.73. The fourth-order valence-corrected chi connectivity index (χ4v) is 3.05. The molecule has 1 unspecified atom stereocenters. The van der Waals surface area contributed by atoms with Gasteiger partial charge >= 0.3 is 0 Å². The van der Waals surface area contributed by atoms with Crippen LogP contribution in [0.15, 0.2) is 48.9 Å². The normalized spacial score (nSPS) is 17.4. The summed E-state index contributed by atoms with van der Waals surface area (Å²) in [6, 6.07) is 12.7. The van der Waals surface area contributed by atoms with Crippen LogP contribution in [0.3, 0.4) is 0 Å². The Morgan fingerprint density at radius 1 is 1.20 bits per heavy atom. The zero-order chi connectivity index (χ0) is 17.2. The fraction of sp³-hybridized carbons (Fsp3) is 0.316. The highest BCUT2D eigenvalue weighted by Crippen LogP contribution is 2.19. The number of likely N-dealkylation sites (tertiary alicyclic amines) is 1. The Morgan fingerprint density at radius 3 is 2.72 bits per heavy atom. The summed E-state index contributed by atoms with van der Waals surface area (Å²) in [5.74, 6) is -0.103. The summed E-state index contributed by atoms with van der Waals surface area (Å²) >= 11 is 0. The van der Waals surface area contributed by atoms with Crippen LogP contribution in [0.5, 0.6) is 0 Å². The predicted molar refractivity (Wildman–Crippen MR) is 95.1 cm³/mol. The van der Waals surface area contributed by atoms with Crippen molar-refractivity contribution in [3.63, 3.8) is 0 Å². The quantitative estimate of drug-likeness (QED) is 0.777. The number of hydrogen-bond acceptors (Lipinski definition) is 4. The Morgan fingerprint density at radius 2 is 2.00 bits per heavy atom. The van der Waals surface area contributed by atoms with Gasteiger partial charge in [0.2, 0.25) is 0 Å². The van der Waals surface area contributed by atoms with Crippen LogP contribution in [0.2, 0.25) is 0 Å². The summed E-state index contributed by atoms with van der Waals surface area (Å²) in [7, 11) is 0.